The Kier molecular flexibility index (Phi) is 5.99. The van der Waals surface area contributed by atoms with Gasteiger partial charge in [-0.05, 0) is 49.4 Å². The molecule has 2 heterocycles. The van der Waals surface area contributed by atoms with E-state index in [4.69, 9.17) is 9.47 Å². The van der Waals surface area contributed by atoms with Crippen molar-refractivity contribution in [3.8, 4) is 5.75 Å². The highest BCUT2D eigenvalue weighted by Gasteiger charge is 2.39. The van der Waals surface area contributed by atoms with Crippen LogP contribution >= 0.6 is 0 Å². The summed E-state index contributed by atoms with van der Waals surface area (Å²) in [7, 11) is 3.33. The Morgan fingerprint density at radius 1 is 1.48 bits per heavy atom. The number of methoxy groups -OCH3 is 1. The number of hydrogen-bond donors (Lipinski definition) is 1. The van der Waals surface area contributed by atoms with E-state index in [1.165, 1.54) is 13.2 Å². The fourth-order valence-electron chi connectivity index (χ4n) is 3.91. The normalized spacial score (nSPS) is 24.7. The van der Waals surface area contributed by atoms with E-state index in [1.807, 2.05) is 0 Å². The number of ether oxygens (including phenoxy) is 2. The Morgan fingerprint density at radius 2 is 2.30 bits per heavy atom. The molecule has 0 saturated carbocycles. The quantitative estimate of drug-likeness (QED) is 0.789. The zero-order valence-corrected chi connectivity index (χ0v) is 15.9. The largest absolute Gasteiger partial charge is 0.497 e. The number of hydrogen-bond acceptors (Lipinski definition) is 4. The average molecular weight is 378 g/mol. The van der Waals surface area contributed by atoms with E-state index in [2.05, 4.69) is 5.32 Å². The first-order chi connectivity index (χ1) is 12.9. The highest BCUT2D eigenvalue weighted by molar-refractivity contribution is 5.80. The Labute approximate surface area is 159 Å². The molecular formula is C20H27FN2O4. The molecule has 2 amide bonds. The molecule has 0 unspecified atom stereocenters. The van der Waals surface area contributed by atoms with E-state index in [9.17, 15) is 14.0 Å². The fourth-order valence-corrected chi connectivity index (χ4v) is 3.91. The Morgan fingerprint density at radius 3 is 2.93 bits per heavy atom. The lowest BCUT2D eigenvalue weighted by molar-refractivity contribution is -0.132. The summed E-state index contributed by atoms with van der Waals surface area (Å²) in [6.07, 6.45) is 2.95. The molecule has 2 aliphatic rings. The van der Waals surface area contributed by atoms with Crippen molar-refractivity contribution in [2.24, 2.45) is 0 Å². The van der Waals surface area contributed by atoms with Gasteiger partial charge in [0.2, 0.25) is 11.8 Å². The van der Waals surface area contributed by atoms with Crippen LogP contribution in [0.3, 0.4) is 0 Å². The molecule has 3 rings (SSSR count). The maximum Gasteiger partial charge on any atom is 0.222 e. The molecule has 2 fully saturated rings. The second kappa shape index (κ2) is 8.25. The van der Waals surface area contributed by atoms with Crippen molar-refractivity contribution < 1.29 is 23.5 Å². The van der Waals surface area contributed by atoms with Gasteiger partial charge in [0.1, 0.15) is 11.6 Å². The maximum absolute atomic E-state index is 14.3. The topological polar surface area (TPSA) is 67.9 Å². The third-order valence-corrected chi connectivity index (χ3v) is 5.68. The number of halogens is 1. The first-order valence-corrected chi connectivity index (χ1v) is 9.39. The van der Waals surface area contributed by atoms with Gasteiger partial charge in [-0.1, -0.05) is 0 Å². The molecule has 148 valence electrons. The molecule has 0 spiro atoms. The average Bonchev–Trinajstić information content (AvgIpc) is 3.31. The molecule has 2 aliphatic heterocycles. The third kappa shape index (κ3) is 4.58. The van der Waals surface area contributed by atoms with Gasteiger partial charge >= 0.3 is 0 Å². The number of likely N-dealkylation sites (N-methyl/N-ethyl adjacent to an activating group) is 1. The van der Waals surface area contributed by atoms with Crippen LogP contribution in [0.5, 0.6) is 5.75 Å². The lowest BCUT2D eigenvalue weighted by Crippen LogP contribution is -2.45. The molecule has 0 aliphatic carbocycles. The van der Waals surface area contributed by atoms with Crippen LogP contribution in [0.2, 0.25) is 0 Å². The summed E-state index contributed by atoms with van der Waals surface area (Å²) in [6, 6.07) is 4.71. The molecule has 1 N–H and O–H groups in total. The molecule has 0 radical (unpaired) electrons. The van der Waals surface area contributed by atoms with Gasteiger partial charge in [-0.15, -0.1) is 0 Å². The SMILES string of the molecule is COc1ccc(F)c(C[C@]2(CCC(=O)N(C)[C@H]3CCOC3)CCC(=O)N2)c1. The minimum atomic E-state index is -0.604. The van der Waals surface area contributed by atoms with E-state index in [-0.39, 0.29) is 23.7 Å². The molecule has 2 saturated heterocycles. The van der Waals surface area contributed by atoms with Crippen molar-refractivity contribution in [1.82, 2.24) is 10.2 Å². The molecule has 0 bridgehead atoms. The standard InChI is InChI=1S/C20H27FN2O4/c1-23(15-7-10-27-13-15)19(25)6-9-20(8-5-18(24)22-20)12-14-11-16(26-2)3-4-17(14)21/h3-4,11,15H,5-10,12-13H2,1-2H3,(H,22,24)/t15-,20+/m0/s1. The summed E-state index contributed by atoms with van der Waals surface area (Å²) in [6.45, 7) is 1.25. The number of nitrogens with zero attached hydrogens (tertiary/aromatic N) is 1. The maximum atomic E-state index is 14.3. The first-order valence-electron chi connectivity index (χ1n) is 9.39. The summed E-state index contributed by atoms with van der Waals surface area (Å²) in [5.74, 6) is 0.214. The van der Waals surface area contributed by atoms with Gasteiger partial charge in [0.15, 0.2) is 0 Å². The predicted molar refractivity (Wildman–Crippen MR) is 98.0 cm³/mol. The molecule has 0 aromatic heterocycles. The molecule has 7 heteroatoms. The van der Waals surface area contributed by atoms with Crippen LogP contribution in [0.15, 0.2) is 18.2 Å². The lowest BCUT2D eigenvalue weighted by Gasteiger charge is -2.31. The second-order valence-electron chi connectivity index (χ2n) is 7.48. The summed E-state index contributed by atoms with van der Waals surface area (Å²) < 4.78 is 24.8. The monoisotopic (exact) mass is 378 g/mol. The van der Waals surface area contributed by atoms with Crippen LogP contribution in [0.25, 0.3) is 0 Å². The molecule has 27 heavy (non-hydrogen) atoms. The highest BCUT2D eigenvalue weighted by atomic mass is 19.1. The van der Waals surface area contributed by atoms with Crippen LogP contribution in [-0.2, 0) is 20.7 Å². The van der Waals surface area contributed by atoms with Gasteiger partial charge in [0, 0.05) is 32.0 Å². The van der Waals surface area contributed by atoms with Crippen LogP contribution in [0.4, 0.5) is 4.39 Å². The fraction of sp³-hybridized carbons (Fsp3) is 0.600. The Hall–Kier alpha value is -2.15. The first kappa shape index (κ1) is 19.6. The van der Waals surface area contributed by atoms with Crippen molar-refractivity contribution in [3.63, 3.8) is 0 Å². The summed E-state index contributed by atoms with van der Waals surface area (Å²) >= 11 is 0. The van der Waals surface area contributed by atoms with E-state index in [0.29, 0.717) is 56.6 Å². The van der Waals surface area contributed by atoms with Crippen molar-refractivity contribution >= 4 is 11.8 Å². The van der Waals surface area contributed by atoms with Crippen LogP contribution in [-0.4, -0.2) is 55.7 Å². The summed E-state index contributed by atoms with van der Waals surface area (Å²) in [5.41, 5.74) is -0.117. The van der Waals surface area contributed by atoms with Gasteiger partial charge in [-0.3, -0.25) is 9.59 Å². The number of carbonyl (C=O) groups is 2. The third-order valence-electron chi connectivity index (χ3n) is 5.68. The summed E-state index contributed by atoms with van der Waals surface area (Å²) in [4.78, 5) is 26.2. The van der Waals surface area contributed by atoms with E-state index >= 15 is 0 Å². The van der Waals surface area contributed by atoms with Gasteiger partial charge in [0.25, 0.3) is 0 Å². The van der Waals surface area contributed by atoms with Gasteiger partial charge in [-0.2, -0.15) is 0 Å². The number of rotatable bonds is 7. The van der Waals surface area contributed by atoms with E-state index in [0.717, 1.165) is 6.42 Å². The number of carbonyl (C=O) groups excluding carboxylic acids is 2. The zero-order valence-electron chi connectivity index (χ0n) is 15.9. The van der Waals surface area contributed by atoms with Gasteiger partial charge < -0.3 is 19.7 Å². The predicted octanol–water partition coefficient (Wildman–Crippen LogP) is 2.05. The number of amides is 2. The number of nitrogens with one attached hydrogen (secondary N) is 1. The summed E-state index contributed by atoms with van der Waals surface area (Å²) in [5, 5.41) is 3.00. The minimum Gasteiger partial charge on any atom is -0.497 e. The van der Waals surface area contributed by atoms with Gasteiger partial charge in [0.05, 0.1) is 19.8 Å². The smallest absolute Gasteiger partial charge is 0.222 e. The minimum absolute atomic E-state index is 0.0251. The Bertz CT molecular complexity index is 705. The van der Waals surface area contributed by atoms with Crippen molar-refractivity contribution in [3.05, 3.63) is 29.6 Å². The van der Waals surface area contributed by atoms with Crippen molar-refractivity contribution in [2.75, 3.05) is 27.4 Å². The van der Waals surface area contributed by atoms with Crippen molar-refractivity contribution in [1.29, 1.82) is 0 Å². The Balaban J connectivity index is 1.70. The highest BCUT2D eigenvalue weighted by Crippen LogP contribution is 2.32. The van der Waals surface area contributed by atoms with Crippen molar-refractivity contribution in [2.45, 2.75) is 50.1 Å². The molecular weight excluding hydrogens is 351 g/mol. The van der Waals surface area contributed by atoms with E-state index in [1.54, 1.807) is 24.1 Å². The van der Waals surface area contributed by atoms with Crippen LogP contribution in [0, 0.1) is 5.82 Å². The van der Waals surface area contributed by atoms with E-state index < -0.39 is 5.54 Å². The molecule has 1 aromatic rings. The zero-order chi connectivity index (χ0) is 19.4. The van der Waals surface area contributed by atoms with Gasteiger partial charge in [-0.25, -0.2) is 4.39 Å². The molecule has 2 atom stereocenters. The number of benzene rings is 1. The molecule has 1 aromatic carbocycles. The molecule has 6 nitrogen and oxygen atoms in total. The van der Waals surface area contributed by atoms with Crippen LogP contribution in [0.1, 0.15) is 37.7 Å². The lowest BCUT2D eigenvalue weighted by atomic mass is 9.84. The van der Waals surface area contributed by atoms with Crippen LogP contribution < -0.4 is 10.1 Å². The second-order valence-corrected chi connectivity index (χ2v) is 7.48.